The van der Waals surface area contributed by atoms with E-state index in [1.807, 2.05) is 25.5 Å². The Morgan fingerprint density at radius 1 is 1.29 bits per heavy atom. The van der Waals surface area contributed by atoms with Crippen molar-refractivity contribution in [1.29, 1.82) is 0 Å². The van der Waals surface area contributed by atoms with Gasteiger partial charge in [-0.15, -0.1) is 0 Å². The van der Waals surface area contributed by atoms with Crippen LogP contribution < -0.4 is 5.32 Å². The van der Waals surface area contributed by atoms with Crippen molar-refractivity contribution in [3.63, 3.8) is 0 Å². The number of rotatable bonds is 6. The molecule has 21 heavy (non-hydrogen) atoms. The number of hydrogen-bond acceptors (Lipinski definition) is 3. The average Bonchev–Trinajstić information content (AvgIpc) is 2.73. The van der Waals surface area contributed by atoms with E-state index >= 15 is 0 Å². The van der Waals surface area contributed by atoms with E-state index in [2.05, 4.69) is 10.4 Å². The molecule has 0 aliphatic carbocycles. The predicted molar refractivity (Wildman–Crippen MR) is 81.0 cm³/mol. The van der Waals surface area contributed by atoms with E-state index in [9.17, 15) is 4.39 Å². The molecule has 0 radical (unpaired) electrons. The maximum absolute atomic E-state index is 13.0. The molecule has 0 aliphatic heterocycles. The Morgan fingerprint density at radius 3 is 2.57 bits per heavy atom. The first kappa shape index (κ1) is 15.7. The Morgan fingerprint density at radius 2 is 1.95 bits per heavy atom. The molecule has 0 saturated heterocycles. The largest absolute Gasteiger partial charge is 0.396 e. The highest BCUT2D eigenvalue weighted by Crippen LogP contribution is 2.18. The minimum Gasteiger partial charge on any atom is -0.396 e. The summed E-state index contributed by atoms with van der Waals surface area (Å²) in [5.41, 5.74) is 4.00. The van der Waals surface area contributed by atoms with Crippen LogP contribution in [0.4, 0.5) is 4.39 Å². The fourth-order valence-electron chi connectivity index (χ4n) is 2.34. The van der Waals surface area contributed by atoms with Crippen LogP contribution in [0.25, 0.3) is 5.69 Å². The summed E-state index contributed by atoms with van der Waals surface area (Å²) < 4.78 is 14.8. The molecule has 1 aromatic heterocycles. The number of halogens is 1. The molecule has 2 N–H and O–H groups in total. The number of aliphatic hydroxyl groups excluding tert-OH is 1. The average molecular weight is 291 g/mol. The maximum Gasteiger partial charge on any atom is 0.123 e. The summed E-state index contributed by atoms with van der Waals surface area (Å²) in [5.74, 6) is -0.250. The SMILES string of the molecule is Cc1nn(-c2ccc(F)cc2)c(C)c1CNC(C)CCO. The first-order chi connectivity index (χ1) is 10.0. The second-order valence-corrected chi connectivity index (χ2v) is 5.33. The van der Waals surface area contributed by atoms with Crippen LogP contribution in [0.2, 0.25) is 0 Å². The Bertz CT molecular complexity index is 592. The van der Waals surface area contributed by atoms with Crippen LogP contribution in [-0.4, -0.2) is 27.5 Å². The van der Waals surface area contributed by atoms with E-state index < -0.39 is 0 Å². The lowest BCUT2D eigenvalue weighted by molar-refractivity contribution is 0.268. The number of benzene rings is 1. The third kappa shape index (κ3) is 3.68. The number of nitrogens with zero attached hydrogens (tertiary/aromatic N) is 2. The molecular formula is C16H22FN3O. The van der Waals surface area contributed by atoms with E-state index in [1.54, 1.807) is 12.1 Å². The van der Waals surface area contributed by atoms with Gasteiger partial charge in [-0.25, -0.2) is 9.07 Å². The van der Waals surface area contributed by atoms with Gasteiger partial charge in [0, 0.05) is 30.5 Å². The number of aliphatic hydroxyl groups is 1. The maximum atomic E-state index is 13.0. The molecule has 0 fully saturated rings. The molecule has 114 valence electrons. The summed E-state index contributed by atoms with van der Waals surface area (Å²) in [6.07, 6.45) is 0.726. The summed E-state index contributed by atoms with van der Waals surface area (Å²) in [4.78, 5) is 0. The molecule has 1 atom stereocenters. The van der Waals surface area contributed by atoms with Gasteiger partial charge in [0.1, 0.15) is 5.82 Å². The summed E-state index contributed by atoms with van der Waals surface area (Å²) >= 11 is 0. The number of aromatic nitrogens is 2. The summed E-state index contributed by atoms with van der Waals surface area (Å²) in [7, 11) is 0. The van der Waals surface area contributed by atoms with Crippen LogP contribution in [0.3, 0.4) is 0 Å². The molecule has 0 spiro atoms. The minimum absolute atomic E-state index is 0.182. The zero-order valence-electron chi connectivity index (χ0n) is 12.7. The van der Waals surface area contributed by atoms with Crippen molar-refractivity contribution in [2.24, 2.45) is 0 Å². The molecule has 5 heteroatoms. The first-order valence-corrected chi connectivity index (χ1v) is 7.18. The van der Waals surface area contributed by atoms with E-state index in [0.29, 0.717) is 6.54 Å². The van der Waals surface area contributed by atoms with Crippen molar-refractivity contribution in [3.05, 3.63) is 47.0 Å². The highest BCUT2D eigenvalue weighted by molar-refractivity contribution is 5.37. The van der Waals surface area contributed by atoms with Crippen molar-refractivity contribution in [2.75, 3.05) is 6.61 Å². The van der Waals surface area contributed by atoms with Gasteiger partial charge in [-0.3, -0.25) is 0 Å². The monoisotopic (exact) mass is 291 g/mol. The number of aryl methyl sites for hydroxylation is 1. The van der Waals surface area contributed by atoms with Crippen molar-refractivity contribution in [3.8, 4) is 5.69 Å². The fraction of sp³-hybridized carbons (Fsp3) is 0.438. The van der Waals surface area contributed by atoms with Crippen LogP contribution in [0, 0.1) is 19.7 Å². The van der Waals surface area contributed by atoms with E-state index in [0.717, 1.165) is 29.1 Å². The molecule has 1 aromatic carbocycles. The topological polar surface area (TPSA) is 50.1 Å². The zero-order valence-corrected chi connectivity index (χ0v) is 12.7. The van der Waals surface area contributed by atoms with Gasteiger partial charge in [0.25, 0.3) is 0 Å². The molecule has 0 amide bonds. The van der Waals surface area contributed by atoms with Crippen molar-refractivity contribution < 1.29 is 9.50 Å². The normalized spacial score (nSPS) is 12.6. The standard InChI is InChI=1S/C16H22FN3O/c1-11(8-9-21)18-10-16-12(2)19-20(13(16)3)15-6-4-14(17)5-7-15/h4-7,11,18,21H,8-10H2,1-3H3. The highest BCUT2D eigenvalue weighted by Gasteiger charge is 2.13. The van der Waals surface area contributed by atoms with Gasteiger partial charge in [0.15, 0.2) is 0 Å². The van der Waals surface area contributed by atoms with Crippen LogP contribution >= 0.6 is 0 Å². The molecule has 0 bridgehead atoms. The molecule has 4 nitrogen and oxygen atoms in total. The Kier molecular flexibility index (Phi) is 5.09. The summed E-state index contributed by atoms with van der Waals surface area (Å²) in [5, 5.41) is 16.9. The Balaban J connectivity index is 2.19. The third-order valence-electron chi connectivity index (χ3n) is 3.70. The van der Waals surface area contributed by atoms with Gasteiger partial charge in [-0.1, -0.05) is 0 Å². The molecule has 2 aromatic rings. The summed E-state index contributed by atoms with van der Waals surface area (Å²) in [6.45, 7) is 6.92. The predicted octanol–water partition coefficient (Wildman–Crippen LogP) is 2.49. The zero-order chi connectivity index (χ0) is 15.4. The quantitative estimate of drug-likeness (QED) is 0.859. The first-order valence-electron chi connectivity index (χ1n) is 7.18. The Labute approximate surface area is 124 Å². The lowest BCUT2D eigenvalue weighted by Crippen LogP contribution is -2.26. The molecule has 0 aliphatic rings. The summed E-state index contributed by atoms with van der Waals surface area (Å²) in [6, 6.07) is 6.57. The van der Waals surface area contributed by atoms with E-state index in [4.69, 9.17) is 5.11 Å². The lowest BCUT2D eigenvalue weighted by atomic mass is 10.1. The number of hydrogen-bond donors (Lipinski definition) is 2. The van der Waals surface area contributed by atoms with Crippen molar-refractivity contribution in [1.82, 2.24) is 15.1 Å². The molecule has 2 rings (SSSR count). The Hall–Kier alpha value is -1.72. The minimum atomic E-state index is -0.250. The molecule has 1 unspecified atom stereocenters. The molecular weight excluding hydrogens is 269 g/mol. The second-order valence-electron chi connectivity index (χ2n) is 5.33. The van der Waals surface area contributed by atoms with Crippen molar-refractivity contribution >= 4 is 0 Å². The molecule has 1 heterocycles. The van der Waals surface area contributed by atoms with Gasteiger partial charge in [0.2, 0.25) is 0 Å². The lowest BCUT2D eigenvalue weighted by Gasteiger charge is -2.12. The fourth-order valence-corrected chi connectivity index (χ4v) is 2.34. The van der Waals surface area contributed by atoms with E-state index in [1.165, 1.54) is 12.1 Å². The van der Waals surface area contributed by atoms with Crippen LogP contribution in [-0.2, 0) is 6.54 Å². The van der Waals surface area contributed by atoms with Gasteiger partial charge < -0.3 is 10.4 Å². The van der Waals surface area contributed by atoms with Gasteiger partial charge in [-0.05, 0) is 51.5 Å². The van der Waals surface area contributed by atoms with Crippen LogP contribution in [0.15, 0.2) is 24.3 Å². The van der Waals surface area contributed by atoms with Crippen molar-refractivity contribution in [2.45, 2.75) is 39.8 Å². The third-order valence-corrected chi connectivity index (χ3v) is 3.70. The number of nitrogens with one attached hydrogen (secondary N) is 1. The second kappa shape index (κ2) is 6.83. The van der Waals surface area contributed by atoms with Gasteiger partial charge in [0.05, 0.1) is 11.4 Å². The van der Waals surface area contributed by atoms with Gasteiger partial charge >= 0.3 is 0 Å². The smallest absolute Gasteiger partial charge is 0.123 e. The van der Waals surface area contributed by atoms with E-state index in [-0.39, 0.29) is 18.5 Å². The van der Waals surface area contributed by atoms with Crippen LogP contribution in [0.5, 0.6) is 0 Å². The highest BCUT2D eigenvalue weighted by atomic mass is 19.1. The molecule has 0 saturated carbocycles. The van der Waals surface area contributed by atoms with Gasteiger partial charge in [-0.2, -0.15) is 5.10 Å². The van der Waals surface area contributed by atoms with Crippen LogP contribution in [0.1, 0.15) is 30.3 Å².